The molecule has 0 fully saturated rings. The Kier molecular flexibility index (Phi) is 2.36. The third kappa shape index (κ3) is 1.80. The fourth-order valence-electron chi connectivity index (χ4n) is 2.33. The summed E-state index contributed by atoms with van der Waals surface area (Å²) in [4.78, 5) is 7.06. The highest BCUT2D eigenvalue weighted by Gasteiger charge is 2.26. The number of nitrogens with zero attached hydrogens (tertiary/aromatic N) is 2. The summed E-state index contributed by atoms with van der Waals surface area (Å²) in [6.07, 6.45) is 6.29. The lowest BCUT2D eigenvalue weighted by Crippen LogP contribution is -2.26. The second-order valence-electron chi connectivity index (χ2n) is 4.69. The van der Waals surface area contributed by atoms with E-state index in [-0.39, 0.29) is 6.04 Å². The maximum Gasteiger partial charge on any atom is 0.128 e. The minimum atomic E-state index is 0.275. The van der Waals surface area contributed by atoms with E-state index >= 15 is 0 Å². The van der Waals surface area contributed by atoms with Crippen LogP contribution in [0.25, 0.3) is 0 Å². The van der Waals surface area contributed by atoms with E-state index in [0.29, 0.717) is 0 Å². The highest BCUT2D eigenvalue weighted by atomic mass is 15.3. The Bertz CT molecular complexity index is 520. The van der Waals surface area contributed by atoms with Gasteiger partial charge in [-0.05, 0) is 31.6 Å². The van der Waals surface area contributed by atoms with Gasteiger partial charge in [-0.3, -0.25) is 4.99 Å². The highest BCUT2D eigenvalue weighted by molar-refractivity contribution is 5.97. The fourth-order valence-corrected chi connectivity index (χ4v) is 2.33. The van der Waals surface area contributed by atoms with Crippen molar-refractivity contribution in [3.8, 4) is 0 Å². The van der Waals surface area contributed by atoms with Crippen molar-refractivity contribution in [2.24, 2.45) is 4.99 Å². The van der Waals surface area contributed by atoms with Crippen molar-refractivity contribution in [3.05, 3.63) is 59.3 Å². The van der Waals surface area contributed by atoms with E-state index in [4.69, 9.17) is 4.99 Å². The van der Waals surface area contributed by atoms with Crippen LogP contribution in [0.3, 0.4) is 0 Å². The molecule has 2 aliphatic heterocycles. The van der Waals surface area contributed by atoms with Crippen molar-refractivity contribution < 1.29 is 0 Å². The largest absolute Gasteiger partial charge is 0.328 e. The molecule has 0 N–H and O–H groups in total. The van der Waals surface area contributed by atoms with Crippen molar-refractivity contribution in [2.45, 2.75) is 19.9 Å². The Morgan fingerprint density at radius 3 is 2.65 bits per heavy atom. The maximum absolute atomic E-state index is 4.78. The van der Waals surface area contributed by atoms with Gasteiger partial charge in [0, 0.05) is 5.70 Å². The zero-order valence-electron chi connectivity index (χ0n) is 10.2. The third-order valence-corrected chi connectivity index (χ3v) is 3.39. The normalized spacial score (nSPS) is 22.2. The first-order valence-corrected chi connectivity index (χ1v) is 6.01. The van der Waals surface area contributed by atoms with Crippen LogP contribution in [-0.4, -0.2) is 17.3 Å². The SMILES string of the molecule is CC1=CC=CC2=N[C@@H](c3ccc(C)cc3)CN12. The molecule has 17 heavy (non-hydrogen) atoms. The second-order valence-corrected chi connectivity index (χ2v) is 4.69. The average molecular weight is 224 g/mol. The van der Waals surface area contributed by atoms with Crippen molar-refractivity contribution >= 4 is 5.84 Å². The van der Waals surface area contributed by atoms with E-state index in [0.717, 1.165) is 12.4 Å². The van der Waals surface area contributed by atoms with Crippen LogP contribution in [0.2, 0.25) is 0 Å². The zero-order valence-corrected chi connectivity index (χ0v) is 10.2. The number of aliphatic imine (C=N–C) groups is 1. The molecule has 0 saturated heterocycles. The van der Waals surface area contributed by atoms with Gasteiger partial charge in [0.05, 0.1) is 12.6 Å². The number of hydrogen-bond acceptors (Lipinski definition) is 2. The van der Waals surface area contributed by atoms with Crippen molar-refractivity contribution in [1.82, 2.24) is 4.90 Å². The molecule has 2 nitrogen and oxygen atoms in total. The van der Waals surface area contributed by atoms with E-state index in [9.17, 15) is 0 Å². The summed E-state index contributed by atoms with van der Waals surface area (Å²) < 4.78 is 0. The monoisotopic (exact) mass is 224 g/mol. The topological polar surface area (TPSA) is 15.6 Å². The van der Waals surface area contributed by atoms with Gasteiger partial charge < -0.3 is 4.90 Å². The Hall–Kier alpha value is -1.83. The maximum atomic E-state index is 4.78. The first kappa shape index (κ1) is 10.3. The van der Waals surface area contributed by atoms with Gasteiger partial charge in [-0.15, -0.1) is 0 Å². The Balaban J connectivity index is 1.89. The van der Waals surface area contributed by atoms with Crippen molar-refractivity contribution in [3.63, 3.8) is 0 Å². The molecule has 0 bridgehead atoms. The number of amidine groups is 1. The first-order chi connectivity index (χ1) is 8.24. The summed E-state index contributed by atoms with van der Waals surface area (Å²) in [5.74, 6) is 1.09. The van der Waals surface area contributed by atoms with Crippen LogP contribution in [0.4, 0.5) is 0 Å². The molecule has 0 aromatic heterocycles. The summed E-state index contributed by atoms with van der Waals surface area (Å²) in [6.45, 7) is 5.21. The Labute approximate surface area is 102 Å². The number of aryl methyl sites for hydroxylation is 1. The lowest BCUT2D eigenvalue weighted by atomic mass is 10.1. The predicted molar refractivity (Wildman–Crippen MR) is 71.0 cm³/mol. The smallest absolute Gasteiger partial charge is 0.128 e. The fraction of sp³-hybridized carbons (Fsp3) is 0.267. The highest BCUT2D eigenvalue weighted by Crippen LogP contribution is 2.29. The molecule has 1 aromatic rings. The molecule has 86 valence electrons. The molecule has 1 atom stereocenters. The number of fused-ring (bicyclic) bond motifs is 1. The Morgan fingerprint density at radius 2 is 1.94 bits per heavy atom. The number of hydrogen-bond donors (Lipinski definition) is 0. The van der Waals surface area contributed by atoms with E-state index in [2.05, 4.69) is 61.2 Å². The summed E-state index contributed by atoms with van der Waals surface area (Å²) in [5, 5.41) is 0. The zero-order chi connectivity index (χ0) is 11.8. The van der Waals surface area contributed by atoms with E-state index in [1.807, 2.05) is 0 Å². The average Bonchev–Trinajstić information content (AvgIpc) is 2.75. The molecule has 1 aromatic carbocycles. The molecule has 3 rings (SSSR count). The van der Waals surface area contributed by atoms with E-state index in [1.54, 1.807) is 0 Å². The summed E-state index contributed by atoms with van der Waals surface area (Å²) >= 11 is 0. The second kappa shape index (κ2) is 3.88. The molecule has 0 amide bonds. The van der Waals surface area contributed by atoms with Gasteiger partial charge in [-0.2, -0.15) is 0 Å². The van der Waals surface area contributed by atoms with Crippen molar-refractivity contribution in [1.29, 1.82) is 0 Å². The third-order valence-electron chi connectivity index (χ3n) is 3.39. The van der Waals surface area contributed by atoms with E-state index < -0.39 is 0 Å². The standard InChI is InChI=1S/C15H16N2/c1-11-6-8-13(9-7-11)14-10-17-12(2)4-3-5-15(17)16-14/h3-9,14H,10H2,1-2H3/t14-/m1/s1. The van der Waals surface area contributed by atoms with Crippen LogP contribution < -0.4 is 0 Å². The van der Waals surface area contributed by atoms with Gasteiger partial charge in [-0.25, -0.2) is 0 Å². The van der Waals surface area contributed by atoms with Gasteiger partial charge in [0.1, 0.15) is 5.84 Å². The predicted octanol–water partition coefficient (Wildman–Crippen LogP) is 3.22. The van der Waals surface area contributed by atoms with Crippen LogP contribution >= 0.6 is 0 Å². The molecule has 0 radical (unpaired) electrons. The van der Waals surface area contributed by atoms with Crippen LogP contribution in [0.1, 0.15) is 24.1 Å². The van der Waals surface area contributed by atoms with Gasteiger partial charge in [0.15, 0.2) is 0 Å². The lowest BCUT2D eigenvalue weighted by Gasteiger charge is -2.22. The number of allylic oxidation sites excluding steroid dienone is 3. The molecule has 0 saturated carbocycles. The molecule has 2 aliphatic rings. The number of benzene rings is 1. The first-order valence-electron chi connectivity index (χ1n) is 6.01. The summed E-state index contributed by atoms with van der Waals surface area (Å²) in [6, 6.07) is 8.96. The molecule has 2 heteroatoms. The number of rotatable bonds is 1. The lowest BCUT2D eigenvalue weighted by molar-refractivity contribution is 0.513. The van der Waals surface area contributed by atoms with Crippen LogP contribution in [0.15, 0.2) is 53.2 Å². The van der Waals surface area contributed by atoms with Gasteiger partial charge in [0.25, 0.3) is 0 Å². The minimum Gasteiger partial charge on any atom is -0.328 e. The van der Waals surface area contributed by atoms with Crippen LogP contribution in [0, 0.1) is 6.92 Å². The molecule has 0 unspecified atom stereocenters. The molecular formula is C15H16N2. The summed E-state index contributed by atoms with van der Waals surface area (Å²) in [7, 11) is 0. The molecule has 0 aliphatic carbocycles. The molecule has 2 heterocycles. The van der Waals surface area contributed by atoms with Crippen LogP contribution in [-0.2, 0) is 0 Å². The van der Waals surface area contributed by atoms with Gasteiger partial charge >= 0.3 is 0 Å². The van der Waals surface area contributed by atoms with Gasteiger partial charge in [0.2, 0.25) is 0 Å². The van der Waals surface area contributed by atoms with E-state index in [1.165, 1.54) is 16.8 Å². The summed E-state index contributed by atoms with van der Waals surface area (Å²) in [5.41, 5.74) is 3.88. The quantitative estimate of drug-likeness (QED) is 0.715. The van der Waals surface area contributed by atoms with Crippen molar-refractivity contribution in [2.75, 3.05) is 6.54 Å². The molecular weight excluding hydrogens is 208 g/mol. The van der Waals surface area contributed by atoms with Gasteiger partial charge in [-0.1, -0.05) is 35.9 Å². The molecule has 0 spiro atoms. The Morgan fingerprint density at radius 1 is 1.18 bits per heavy atom. The van der Waals surface area contributed by atoms with Crippen LogP contribution in [0.5, 0.6) is 0 Å². The minimum absolute atomic E-state index is 0.275.